The fraction of sp³-hybridized carbons (Fsp3) is 0.455. The zero-order valence-electron chi connectivity index (χ0n) is 8.67. The fourth-order valence-corrected chi connectivity index (χ4v) is 1.40. The van der Waals surface area contributed by atoms with Crippen LogP contribution in [0.4, 0.5) is 4.39 Å². The molecule has 0 aliphatic rings. The maximum absolute atomic E-state index is 13.5. The molecule has 1 aromatic rings. The molecule has 0 bridgehead atoms. The molecule has 1 aromatic carbocycles. The predicted octanol–water partition coefficient (Wildman–Crippen LogP) is 2.45. The summed E-state index contributed by atoms with van der Waals surface area (Å²) in [7, 11) is 1.50. The van der Waals surface area contributed by atoms with Crippen molar-refractivity contribution >= 4 is 0 Å². The molecular formula is C11H15FO2. The minimum atomic E-state index is -0.677. The molecule has 78 valence electrons. The lowest BCUT2D eigenvalue weighted by atomic mass is 10.0. The number of benzene rings is 1. The van der Waals surface area contributed by atoms with Crippen LogP contribution in [0.5, 0.6) is 5.75 Å². The van der Waals surface area contributed by atoms with Crippen molar-refractivity contribution in [2.45, 2.75) is 26.4 Å². The largest absolute Gasteiger partial charge is 0.496 e. The zero-order valence-corrected chi connectivity index (χ0v) is 8.67. The SMILES string of the molecule is CCc1c(F)cc(C(C)O)cc1OC. The summed E-state index contributed by atoms with van der Waals surface area (Å²) in [5.41, 5.74) is 1.09. The van der Waals surface area contributed by atoms with Crippen LogP contribution in [0.2, 0.25) is 0 Å². The summed E-state index contributed by atoms with van der Waals surface area (Å²) in [6, 6.07) is 3.03. The number of rotatable bonds is 3. The summed E-state index contributed by atoms with van der Waals surface area (Å²) < 4.78 is 18.5. The first-order valence-electron chi connectivity index (χ1n) is 4.64. The molecule has 0 heterocycles. The van der Waals surface area contributed by atoms with Gasteiger partial charge in [-0.15, -0.1) is 0 Å². The van der Waals surface area contributed by atoms with Crippen molar-refractivity contribution in [3.8, 4) is 5.75 Å². The van der Waals surface area contributed by atoms with Crippen molar-refractivity contribution in [3.63, 3.8) is 0 Å². The molecule has 1 unspecified atom stereocenters. The smallest absolute Gasteiger partial charge is 0.130 e. The highest BCUT2D eigenvalue weighted by Gasteiger charge is 2.12. The van der Waals surface area contributed by atoms with Crippen LogP contribution < -0.4 is 4.74 Å². The highest BCUT2D eigenvalue weighted by atomic mass is 19.1. The first kappa shape index (κ1) is 11.0. The number of ether oxygens (including phenoxy) is 1. The van der Waals surface area contributed by atoms with E-state index in [1.165, 1.54) is 13.2 Å². The molecule has 1 rings (SSSR count). The third-order valence-corrected chi connectivity index (χ3v) is 2.23. The number of hydrogen-bond acceptors (Lipinski definition) is 2. The molecule has 0 saturated heterocycles. The molecule has 1 N–H and O–H groups in total. The highest BCUT2D eigenvalue weighted by molar-refractivity contribution is 5.39. The van der Waals surface area contributed by atoms with Gasteiger partial charge in [0.1, 0.15) is 11.6 Å². The Hall–Kier alpha value is -1.09. The topological polar surface area (TPSA) is 29.5 Å². The molecule has 0 aliphatic heterocycles. The van der Waals surface area contributed by atoms with Gasteiger partial charge in [-0.3, -0.25) is 0 Å². The maximum Gasteiger partial charge on any atom is 0.130 e. The lowest BCUT2D eigenvalue weighted by molar-refractivity contribution is 0.198. The Morgan fingerprint density at radius 3 is 2.57 bits per heavy atom. The monoisotopic (exact) mass is 198 g/mol. The third kappa shape index (κ3) is 2.04. The van der Waals surface area contributed by atoms with Gasteiger partial charge in [-0.2, -0.15) is 0 Å². The average Bonchev–Trinajstić information content (AvgIpc) is 2.16. The summed E-state index contributed by atoms with van der Waals surface area (Å²) in [6.45, 7) is 3.46. The maximum atomic E-state index is 13.5. The highest BCUT2D eigenvalue weighted by Crippen LogP contribution is 2.27. The first-order chi connectivity index (χ1) is 6.60. The fourth-order valence-electron chi connectivity index (χ4n) is 1.40. The second-order valence-corrected chi connectivity index (χ2v) is 3.21. The molecule has 0 radical (unpaired) electrons. The standard InChI is InChI=1S/C11H15FO2/c1-4-9-10(12)5-8(7(2)13)6-11(9)14-3/h5-7,13H,4H2,1-3H3. The van der Waals surface area contributed by atoms with Crippen LogP contribution >= 0.6 is 0 Å². The normalized spacial score (nSPS) is 12.6. The zero-order chi connectivity index (χ0) is 10.7. The van der Waals surface area contributed by atoms with Crippen molar-refractivity contribution in [1.29, 1.82) is 0 Å². The molecule has 1 atom stereocenters. The second-order valence-electron chi connectivity index (χ2n) is 3.21. The lowest BCUT2D eigenvalue weighted by Gasteiger charge is -2.12. The van der Waals surface area contributed by atoms with Crippen molar-refractivity contribution in [2.24, 2.45) is 0 Å². The number of methoxy groups -OCH3 is 1. The predicted molar refractivity (Wildman–Crippen MR) is 53.0 cm³/mol. The number of halogens is 1. The van der Waals surface area contributed by atoms with Gasteiger partial charge < -0.3 is 9.84 Å². The Morgan fingerprint density at radius 1 is 1.50 bits per heavy atom. The van der Waals surface area contributed by atoms with Gasteiger partial charge in [0.15, 0.2) is 0 Å². The number of aliphatic hydroxyl groups is 1. The Morgan fingerprint density at radius 2 is 2.14 bits per heavy atom. The van der Waals surface area contributed by atoms with E-state index in [4.69, 9.17) is 4.74 Å². The van der Waals surface area contributed by atoms with Crippen molar-refractivity contribution in [1.82, 2.24) is 0 Å². The Balaban J connectivity index is 3.24. The summed E-state index contributed by atoms with van der Waals surface area (Å²) >= 11 is 0. The van der Waals surface area contributed by atoms with Crippen molar-refractivity contribution in [2.75, 3.05) is 7.11 Å². The van der Waals surface area contributed by atoms with Gasteiger partial charge in [0.05, 0.1) is 13.2 Å². The van der Waals surface area contributed by atoms with Crippen LogP contribution in [0.25, 0.3) is 0 Å². The minimum absolute atomic E-state index is 0.317. The number of aliphatic hydroxyl groups excluding tert-OH is 1. The second kappa shape index (κ2) is 4.42. The summed E-state index contributed by atoms with van der Waals surface area (Å²) in [5, 5.41) is 9.31. The van der Waals surface area contributed by atoms with Crippen molar-refractivity contribution < 1.29 is 14.2 Å². The lowest BCUT2D eigenvalue weighted by Crippen LogP contribution is -1.99. The molecule has 14 heavy (non-hydrogen) atoms. The van der Waals surface area contributed by atoms with Gasteiger partial charge in [-0.25, -0.2) is 4.39 Å². The summed E-state index contributed by atoms with van der Waals surface area (Å²) in [6.07, 6.45) is -0.0981. The van der Waals surface area contributed by atoms with Crippen LogP contribution in [0.3, 0.4) is 0 Å². The minimum Gasteiger partial charge on any atom is -0.496 e. The molecule has 0 amide bonds. The molecule has 0 fully saturated rings. The van der Waals surface area contributed by atoms with Gasteiger partial charge in [-0.1, -0.05) is 6.92 Å². The molecule has 2 nitrogen and oxygen atoms in total. The third-order valence-electron chi connectivity index (χ3n) is 2.23. The summed E-state index contributed by atoms with van der Waals surface area (Å²) in [4.78, 5) is 0. The summed E-state index contributed by atoms with van der Waals surface area (Å²) in [5.74, 6) is 0.186. The van der Waals surface area contributed by atoms with E-state index < -0.39 is 6.10 Å². The Kier molecular flexibility index (Phi) is 3.47. The van der Waals surface area contributed by atoms with Crippen LogP contribution in [-0.4, -0.2) is 12.2 Å². The molecule has 0 saturated carbocycles. The first-order valence-corrected chi connectivity index (χ1v) is 4.64. The van der Waals surface area contributed by atoms with E-state index in [9.17, 15) is 9.50 Å². The van der Waals surface area contributed by atoms with E-state index in [0.29, 0.717) is 23.3 Å². The molecule has 0 aliphatic carbocycles. The molecule has 0 spiro atoms. The van der Waals surface area contributed by atoms with E-state index in [2.05, 4.69) is 0 Å². The molecule has 3 heteroatoms. The quantitative estimate of drug-likeness (QED) is 0.808. The number of hydrogen-bond donors (Lipinski definition) is 1. The van der Waals surface area contributed by atoms with E-state index in [1.54, 1.807) is 13.0 Å². The van der Waals surface area contributed by atoms with Gasteiger partial charge >= 0.3 is 0 Å². The molecular weight excluding hydrogens is 183 g/mol. The van der Waals surface area contributed by atoms with E-state index in [0.717, 1.165) is 0 Å². The molecule has 0 aromatic heterocycles. The van der Waals surface area contributed by atoms with Crippen LogP contribution in [0.15, 0.2) is 12.1 Å². The van der Waals surface area contributed by atoms with Crippen molar-refractivity contribution in [3.05, 3.63) is 29.1 Å². The van der Waals surface area contributed by atoms with E-state index >= 15 is 0 Å². The van der Waals surface area contributed by atoms with Gasteiger partial charge in [0.25, 0.3) is 0 Å². The Labute approximate surface area is 83.3 Å². The van der Waals surface area contributed by atoms with E-state index in [1.807, 2.05) is 6.92 Å². The van der Waals surface area contributed by atoms with Gasteiger partial charge in [-0.05, 0) is 31.0 Å². The van der Waals surface area contributed by atoms with Gasteiger partial charge in [0.2, 0.25) is 0 Å². The Bertz CT molecular complexity index is 321. The van der Waals surface area contributed by atoms with E-state index in [-0.39, 0.29) is 5.82 Å². The van der Waals surface area contributed by atoms with Crippen LogP contribution in [-0.2, 0) is 6.42 Å². The van der Waals surface area contributed by atoms with Crippen LogP contribution in [0.1, 0.15) is 31.1 Å². The van der Waals surface area contributed by atoms with Gasteiger partial charge in [0, 0.05) is 5.56 Å². The average molecular weight is 198 g/mol. The van der Waals surface area contributed by atoms with Crippen LogP contribution in [0, 0.1) is 5.82 Å².